The van der Waals surface area contributed by atoms with Crippen molar-refractivity contribution in [3.05, 3.63) is 58.0 Å². The van der Waals surface area contributed by atoms with Gasteiger partial charge in [-0.15, -0.1) is 0 Å². The summed E-state index contributed by atoms with van der Waals surface area (Å²) in [5, 5.41) is 0. The predicted molar refractivity (Wildman–Crippen MR) is 129 cm³/mol. The number of piperazine rings is 1. The van der Waals surface area contributed by atoms with Crippen LogP contribution in [-0.2, 0) is 6.18 Å². The fourth-order valence-electron chi connectivity index (χ4n) is 4.92. The Hall–Kier alpha value is -3.28. The third-order valence-electron chi connectivity index (χ3n) is 6.91. The van der Waals surface area contributed by atoms with Crippen LogP contribution in [0.25, 0.3) is 11.0 Å². The highest BCUT2D eigenvalue weighted by Gasteiger charge is 2.37. The number of aromatic nitrogens is 3. The molecule has 3 atom stereocenters. The Morgan fingerprint density at radius 2 is 1.70 bits per heavy atom. The molecule has 0 saturated carbocycles. The van der Waals surface area contributed by atoms with E-state index in [1.807, 2.05) is 25.7 Å². The molecule has 12 heteroatoms. The van der Waals surface area contributed by atoms with Crippen molar-refractivity contribution in [1.82, 2.24) is 19.9 Å². The molecule has 1 aromatic carbocycles. The minimum atomic E-state index is -4.40. The van der Waals surface area contributed by atoms with E-state index < -0.39 is 24.0 Å². The highest BCUT2D eigenvalue weighted by Crippen LogP contribution is 2.35. The van der Waals surface area contributed by atoms with E-state index >= 15 is 0 Å². The third kappa shape index (κ3) is 5.68. The van der Waals surface area contributed by atoms with Gasteiger partial charge in [-0.3, -0.25) is 4.90 Å². The number of alkyl halides is 5. The molecule has 3 aromatic rings. The number of H-pyrrole nitrogens is 1. The van der Waals surface area contributed by atoms with Gasteiger partial charge in [-0.1, -0.05) is 26.0 Å². The highest BCUT2D eigenvalue weighted by atomic mass is 19.4. The van der Waals surface area contributed by atoms with Crippen LogP contribution >= 0.6 is 0 Å². The lowest BCUT2D eigenvalue weighted by atomic mass is 9.96. The minimum absolute atomic E-state index is 0.0169. The van der Waals surface area contributed by atoms with Gasteiger partial charge in [0.2, 0.25) is 5.88 Å². The largest absolute Gasteiger partial charge is 0.417 e. The van der Waals surface area contributed by atoms with Gasteiger partial charge in [-0.05, 0) is 43.5 Å². The lowest BCUT2D eigenvalue weighted by Gasteiger charge is -2.49. The topological polar surface area (TPSA) is 74.3 Å². The first-order chi connectivity index (χ1) is 17.5. The number of rotatable bonds is 7. The molecule has 2 unspecified atom stereocenters. The van der Waals surface area contributed by atoms with E-state index in [9.17, 15) is 26.7 Å². The summed E-state index contributed by atoms with van der Waals surface area (Å²) in [7, 11) is 0. The van der Waals surface area contributed by atoms with E-state index in [2.05, 4.69) is 24.6 Å². The normalized spacial score (nSPS) is 20.0. The molecule has 1 N–H and O–H groups in total. The van der Waals surface area contributed by atoms with Crippen molar-refractivity contribution in [2.45, 2.75) is 64.5 Å². The van der Waals surface area contributed by atoms with Crippen molar-refractivity contribution in [3.63, 3.8) is 0 Å². The third-order valence-corrected chi connectivity index (χ3v) is 6.91. The van der Waals surface area contributed by atoms with Gasteiger partial charge in [0.15, 0.2) is 5.82 Å². The van der Waals surface area contributed by atoms with Crippen LogP contribution in [0.5, 0.6) is 5.88 Å². The second-order valence-corrected chi connectivity index (χ2v) is 9.06. The van der Waals surface area contributed by atoms with Crippen LogP contribution in [0.15, 0.2) is 41.2 Å². The Morgan fingerprint density at radius 1 is 1.03 bits per heavy atom. The molecule has 0 bridgehead atoms. The van der Waals surface area contributed by atoms with Gasteiger partial charge in [-0.25, -0.2) is 9.78 Å². The summed E-state index contributed by atoms with van der Waals surface area (Å²) in [5.74, 6) is -0.00199. The lowest BCUT2D eigenvalue weighted by molar-refractivity contribution is -0.137. The summed E-state index contributed by atoms with van der Waals surface area (Å²) < 4.78 is 69.1. The predicted octanol–water partition coefficient (Wildman–Crippen LogP) is 5.38. The molecule has 7 nitrogen and oxygen atoms in total. The number of aromatic amines is 1. The van der Waals surface area contributed by atoms with Crippen LogP contribution in [0.3, 0.4) is 0 Å². The van der Waals surface area contributed by atoms with Gasteiger partial charge in [0.05, 0.1) is 11.1 Å². The molecule has 0 aliphatic carbocycles. The standard InChI is InChI=1S/C25H28F5N5O2/c1-4-17-13-35(22-21-19(31-24(36)33-22)10-11-20(32-21)37-23(26)27)18(5-2)12-34(17)14(3)15-6-8-16(9-7-15)25(28,29)30/h6-11,14,17-18,23H,4-5,12-13H2,1-3H3,(H,31,33,36)/t14?,17-,18?/m1/s1. The zero-order chi connectivity index (χ0) is 26.9. The Kier molecular flexibility index (Phi) is 7.67. The first-order valence-corrected chi connectivity index (χ1v) is 12.1. The van der Waals surface area contributed by atoms with Gasteiger partial charge in [0.25, 0.3) is 0 Å². The van der Waals surface area contributed by atoms with Crippen molar-refractivity contribution in [2.75, 3.05) is 18.0 Å². The molecule has 0 radical (unpaired) electrons. The van der Waals surface area contributed by atoms with Crippen molar-refractivity contribution in [3.8, 4) is 5.88 Å². The SMILES string of the molecule is CCC1CN(C(C)c2ccc(C(F)(F)F)cc2)[C@H](CC)CN1c1nc(=O)[nH]c2ccc(OC(F)F)nc12. The lowest BCUT2D eigenvalue weighted by Crippen LogP contribution is -2.59. The number of nitrogens with one attached hydrogen (secondary N) is 1. The van der Waals surface area contributed by atoms with Crippen LogP contribution in [0.1, 0.15) is 50.8 Å². The van der Waals surface area contributed by atoms with Crippen molar-refractivity contribution in [2.24, 2.45) is 0 Å². The Balaban J connectivity index is 1.67. The van der Waals surface area contributed by atoms with Gasteiger partial charge < -0.3 is 14.6 Å². The molecule has 200 valence electrons. The second-order valence-electron chi connectivity index (χ2n) is 9.06. The first kappa shape index (κ1) is 26.8. The first-order valence-electron chi connectivity index (χ1n) is 12.1. The molecule has 1 aliphatic rings. The Labute approximate surface area is 210 Å². The summed E-state index contributed by atoms with van der Waals surface area (Å²) in [6, 6.07) is 7.63. The van der Waals surface area contributed by atoms with Gasteiger partial charge >= 0.3 is 18.5 Å². The van der Waals surface area contributed by atoms with E-state index in [0.29, 0.717) is 25.0 Å². The number of fused-ring (bicyclic) bond motifs is 1. The van der Waals surface area contributed by atoms with E-state index in [1.165, 1.54) is 24.3 Å². The number of anilines is 1. The molecule has 3 heterocycles. The molecule has 0 amide bonds. The molecular weight excluding hydrogens is 497 g/mol. The average molecular weight is 526 g/mol. The number of hydrogen-bond donors (Lipinski definition) is 1. The van der Waals surface area contributed by atoms with E-state index in [4.69, 9.17) is 0 Å². The zero-order valence-corrected chi connectivity index (χ0v) is 20.6. The van der Waals surface area contributed by atoms with E-state index in [0.717, 1.165) is 24.1 Å². The number of pyridine rings is 1. The number of ether oxygens (including phenoxy) is 1. The number of nitrogens with zero attached hydrogens (tertiary/aromatic N) is 4. The van der Waals surface area contributed by atoms with Crippen molar-refractivity contribution < 1.29 is 26.7 Å². The molecule has 0 spiro atoms. The van der Waals surface area contributed by atoms with Crippen LogP contribution in [0, 0.1) is 0 Å². The Bertz CT molecular complexity index is 1280. The van der Waals surface area contributed by atoms with Crippen molar-refractivity contribution >= 4 is 16.9 Å². The molecule has 1 saturated heterocycles. The monoisotopic (exact) mass is 525 g/mol. The second kappa shape index (κ2) is 10.6. The maximum atomic E-state index is 13.0. The quantitative estimate of drug-likeness (QED) is 0.418. The minimum Gasteiger partial charge on any atom is -0.417 e. The summed E-state index contributed by atoms with van der Waals surface area (Å²) in [6.07, 6.45) is -2.99. The molecule has 1 aliphatic heterocycles. The Morgan fingerprint density at radius 3 is 2.30 bits per heavy atom. The van der Waals surface area contributed by atoms with E-state index in [1.54, 1.807) is 0 Å². The summed E-state index contributed by atoms with van der Waals surface area (Å²) in [5.41, 5.74) is 0.0808. The molecular formula is C25H28F5N5O2. The molecule has 37 heavy (non-hydrogen) atoms. The maximum absolute atomic E-state index is 13.0. The van der Waals surface area contributed by atoms with Crippen LogP contribution in [0.4, 0.5) is 27.8 Å². The van der Waals surface area contributed by atoms with Gasteiger partial charge in [-0.2, -0.15) is 26.9 Å². The highest BCUT2D eigenvalue weighted by molar-refractivity contribution is 5.86. The fourth-order valence-corrected chi connectivity index (χ4v) is 4.92. The fraction of sp³-hybridized carbons (Fsp3) is 0.480. The summed E-state index contributed by atoms with van der Waals surface area (Å²) in [4.78, 5) is 27.5. The van der Waals surface area contributed by atoms with E-state index in [-0.39, 0.29) is 35.3 Å². The number of benzene rings is 1. The summed E-state index contributed by atoms with van der Waals surface area (Å²) in [6.45, 7) is 3.93. The van der Waals surface area contributed by atoms with Crippen molar-refractivity contribution in [1.29, 1.82) is 0 Å². The number of hydrogen-bond acceptors (Lipinski definition) is 6. The zero-order valence-electron chi connectivity index (χ0n) is 20.6. The van der Waals surface area contributed by atoms with Crippen LogP contribution in [0.2, 0.25) is 0 Å². The maximum Gasteiger partial charge on any atom is 0.416 e. The number of halogens is 5. The molecule has 1 fully saturated rings. The molecule has 2 aromatic heterocycles. The average Bonchev–Trinajstić information content (AvgIpc) is 2.86. The van der Waals surface area contributed by atoms with Crippen LogP contribution < -0.4 is 15.3 Å². The smallest absolute Gasteiger partial charge is 0.416 e. The van der Waals surface area contributed by atoms with Crippen LogP contribution in [-0.4, -0.2) is 51.6 Å². The van der Waals surface area contributed by atoms with Gasteiger partial charge in [0.1, 0.15) is 5.52 Å². The molecule has 4 rings (SSSR count). The van der Waals surface area contributed by atoms with Gasteiger partial charge in [0, 0.05) is 37.3 Å². The summed E-state index contributed by atoms with van der Waals surface area (Å²) >= 11 is 0.